The van der Waals surface area contributed by atoms with Gasteiger partial charge in [0.05, 0.1) is 0 Å². The Morgan fingerprint density at radius 1 is 0.524 bits per heavy atom. The minimum absolute atomic E-state index is 0.0689. The summed E-state index contributed by atoms with van der Waals surface area (Å²) >= 11 is 0. The van der Waals surface area contributed by atoms with Crippen LogP contribution in [-0.2, 0) is 0 Å². The summed E-state index contributed by atoms with van der Waals surface area (Å²) in [6, 6.07) is 31.4. The van der Waals surface area contributed by atoms with Crippen LogP contribution in [0.2, 0.25) is 0 Å². The number of nitrogens with zero attached hydrogens (tertiary/aromatic N) is 6. The lowest BCUT2D eigenvalue weighted by atomic mass is 9.48. The Hall–Kier alpha value is -5.69. The van der Waals surface area contributed by atoms with Gasteiger partial charge in [0.15, 0.2) is 17.5 Å². The van der Waals surface area contributed by atoms with Crippen LogP contribution in [0.15, 0.2) is 140 Å². The summed E-state index contributed by atoms with van der Waals surface area (Å²) < 4.78 is 0. The highest BCUT2D eigenvalue weighted by Crippen LogP contribution is 2.41. The first kappa shape index (κ1) is 24.1. The van der Waals surface area contributed by atoms with Crippen LogP contribution in [0.3, 0.4) is 0 Å². The van der Waals surface area contributed by atoms with Gasteiger partial charge in [0.2, 0.25) is 0 Å². The molecule has 0 fully saturated rings. The fraction of sp³-hybridized carbons (Fsp3) is 0. The quantitative estimate of drug-likeness (QED) is 0.235. The fourth-order valence-electron chi connectivity index (χ4n) is 5.82. The van der Waals surface area contributed by atoms with Gasteiger partial charge in [-0.05, 0) is 64.8 Å². The second-order valence-electron chi connectivity index (χ2n) is 10.2. The van der Waals surface area contributed by atoms with Crippen molar-refractivity contribution in [3.63, 3.8) is 0 Å². The highest BCUT2D eigenvalue weighted by Gasteiger charge is 2.35. The summed E-state index contributed by atoms with van der Waals surface area (Å²) in [4.78, 5) is 25.5. The number of hydrogen-bond donors (Lipinski definition) is 0. The zero-order valence-corrected chi connectivity index (χ0v) is 22.5. The summed E-state index contributed by atoms with van der Waals surface area (Å²) in [7, 11) is 0. The minimum Gasteiger partial charge on any atom is -0.383 e. The van der Waals surface area contributed by atoms with E-state index in [4.69, 9.17) is 15.0 Å². The van der Waals surface area contributed by atoms with E-state index in [1.165, 1.54) is 27.7 Å². The molecule has 3 aromatic carbocycles. The Bertz CT molecular complexity index is 1930. The van der Waals surface area contributed by atoms with Gasteiger partial charge >= 0.3 is 6.85 Å². The maximum Gasteiger partial charge on any atom is 0.321 e. The first-order valence-electron chi connectivity index (χ1n) is 13.9. The molecule has 5 heterocycles. The molecule has 0 aliphatic carbocycles. The molecule has 0 saturated heterocycles. The molecule has 6 nitrogen and oxygen atoms in total. The van der Waals surface area contributed by atoms with Gasteiger partial charge in [-0.3, -0.25) is 9.97 Å². The molecule has 2 aliphatic heterocycles. The average molecular weight is 538 g/mol. The molecule has 0 amide bonds. The van der Waals surface area contributed by atoms with E-state index < -0.39 is 0 Å². The van der Waals surface area contributed by atoms with Crippen molar-refractivity contribution in [3.8, 4) is 56.4 Å². The summed E-state index contributed by atoms with van der Waals surface area (Å²) in [6.07, 6.45) is 13.4. The van der Waals surface area contributed by atoms with Crippen LogP contribution in [0.1, 0.15) is 0 Å². The smallest absolute Gasteiger partial charge is 0.321 e. The van der Waals surface area contributed by atoms with Crippen LogP contribution >= 0.6 is 0 Å². The van der Waals surface area contributed by atoms with Crippen molar-refractivity contribution < 1.29 is 0 Å². The molecule has 0 atom stereocenters. The Balaban J connectivity index is 1.31. The molecule has 0 N–H and O–H groups in total. The predicted molar refractivity (Wildman–Crippen MR) is 169 cm³/mol. The molecule has 0 bridgehead atoms. The Morgan fingerprint density at radius 2 is 1.19 bits per heavy atom. The molecule has 0 radical (unpaired) electrons. The van der Waals surface area contributed by atoms with Crippen LogP contribution in [0.5, 0.6) is 0 Å². The summed E-state index contributed by atoms with van der Waals surface area (Å²) in [5.74, 6) is 4.01. The zero-order valence-electron chi connectivity index (χ0n) is 22.5. The SMILES string of the molecule is C1=CB2c3c(-c4ccccc4)cccc3-c3ccc(-c4nc(-c5cccnc5)nc(-c5cccnc5)n4)cc3N2C=C1. The molecular formula is C35H23BN6. The maximum absolute atomic E-state index is 4.92. The molecular weight excluding hydrogens is 515 g/mol. The molecule has 7 heteroatoms. The van der Waals surface area contributed by atoms with Crippen LogP contribution in [0.4, 0.5) is 5.69 Å². The Kier molecular flexibility index (Phi) is 5.78. The van der Waals surface area contributed by atoms with Gasteiger partial charge in [0.25, 0.3) is 0 Å². The molecule has 196 valence electrons. The Morgan fingerprint density at radius 3 is 1.88 bits per heavy atom. The summed E-state index contributed by atoms with van der Waals surface area (Å²) in [5.41, 5.74) is 9.87. The second-order valence-corrected chi connectivity index (χ2v) is 10.2. The van der Waals surface area contributed by atoms with E-state index in [2.05, 4.69) is 106 Å². The molecule has 42 heavy (non-hydrogen) atoms. The standard InChI is InChI=1S/C35H23BN6/c1-2-9-24(10-3-1)28-13-6-14-30-29-16-15-25(21-31(29)42-20-5-4-17-36(42)32(28)30)33-39-34(26-11-7-18-37-22-26)41-35(40-33)27-12-8-19-38-23-27/h1-23H. The number of allylic oxidation sites excluding steroid dienone is 2. The van der Waals surface area contributed by atoms with Crippen LogP contribution in [-0.4, -0.2) is 31.8 Å². The number of benzene rings is 3. The number of anilines is 1. The average Bonchev–Trinajstić information content (AvgIpc) is 3.09. The summed E-state index contributed by atoms with van der Waals surface area (Å²) in [6.45, 7) is 0.0689. The number of rotatable bonds is 4. The largest absolute Gasteiger partial charge is 0.383 e. The van der Waals surface area contributed by atoms with E-state index in [9.17, 15) is 0 Å². The Labute approximate surface area is 243 Å². The van der Waals surface area contributed by atoms with Crippen molar-refractivity contribution in [2.24, 2.45) is 0 Å². The van der Waals surface area contributed by atoms with Crippen molar-refractivity contribution in [2.45, 2.75) is 0 Å². The number of aromatic nitrogens is 5. The third-order valence-electron chi connectivity index (χ3n) is 7.74. The monoisotopic (exact) mass is 538 g/mol. The molecule has 0 spiro atoms. The minimum atomic E-state index is 0.0689. The van der Waals surface area contributed by atoms with Crippen molar-refractivity contribution in [1.82, 2.24) is 24.9 Å². The second kappa shape index (κ2) is 10.1. The first-order chi connectivity index (χ1) is 20.8. The van der Waals surface area contributed by atoms with E-state index in [1.54, 1.807) is 24.8 Å². The van der Waals surface area contributed by atoms with E-state index in [0.717, 1.165) is 22.4 Å². The van der Waals surface area contributed by atoms with Crippen molar-refractivity contribution >= 4 is 18.0 Å². The first-order valence-corrected chi connectivity index (χ1v) is 13.9. The molecule has 0 saturated carbocycles. The lowest BCUT2D eigenvalue weighted by Crippen LogP contribution is -2.49. The van der Waals surface area contributed by atoms with Gasteiger partial charge in [-0.1, -0.05) is 72.7 Å². The highest BCUT2D eigenvalue weighted by atomic mass is 15.1. The predicted octanol–water partition coefficient (Wildman–Crippen LogP) is 6.64. The van der Waals surface area contributed by atoms with Gasteiger partial charge in [0.1, 0.15) is 0 Å². The van der Waals surface area contributed by atoms with Crippen LogP contribution in [0, 0.1) is 0 Å². The molecule has 0 unspecified atom stereocenters. The molecule has 8 rings (SSSR count). The van der Waals surface area contributed by atoms with Gasteiger partial charge in [-0.2, -0.15) is 0 Å². The lowest BCUT2D eigenvalue weighted by molar-refractivity contribution is 1.07. The molecule has 6 aromatic rings. The topological polar surface area (TPSA) is 67.7 Å². The maximum atomic E-state index is 4.92. The fourth-order valence-corrected chi connectivity index (χ4v) is 5.82. The highest BCUT2D eigenvalue weighted by molar-refractivity contribution is 6.85. The molecule has 2 aliphatic rings. The van der Waals surface area contributed by atoms with E-state index in [1.807, 2.05) is 24.3 Å². The van der Waals surface area contributed by atoms with Gasteiger partial charge in [0, 0.05) is 52.7 Å². The van der Waals surface area contributed by atoms with E-state index in [-0.39, 0.29) is 6.85 Å². The van der Waals surface area contributed by atoms with Gasteiger partial charge < -0.3 is 4.81 Å². The normalized spacial score (nSPS) is 13.0. The van der Waals surface area contributed by atoms with Crippen LogP contribution < -0.4 is 10.3 Å². The van der Waals surface area contributed by atoms with Crippen LogP contribution in [0.25, 0.3) is 56.4 Å². The van der Waals surface area contributed by atoms with Crippen molar-refractivity contribution in [3.05, 3.63) is 140 Å². The van der Waals surface area contributed by atoms with E-state index >= 15 is 0 Å². The van der Waals surface area contributed by atoms with Crippen molar-refractivity contribution in [2.75, 3.05) is 4.81 Å². The number of fused-ring (bicyclic) bond motifs is 6. The summed E-state index contributed by atoms with van der Waals surface area (Å²) in [5, 5.41) is 0. The third-order valence-corrected chi connectivity index (χ3v) is 7.74. The number of hydrogen-bond acceptors (Lipinski definition) is 6. The zero-order chi connectivity index (χ0) is 27.9. The third kappa shape index (κ3) is 4.11. The van der Waals surface area contributed by atoms with Gasteiger partial charge in [-0.25, -0.2) is 15.0 Å². The van der Waals surface area contributed by atoms with Crippen molar-refractivity contribution in [1.29, 1.82) is 0 Å². The molecule has 3 aromatic heterocycles. The van der Waals surface area contributed by atoms with E-state index in [0.29, 0.717) is 17.5 Å². The lowest BCUT2D eigenvalue weighted by Gasteiger charge is -2.37. The van der Waals surface area contributed by atoms with Gasteiger partial charge in [-0.15, -0.1) is 0 Å². The number of pyridine rings is 2.